The van der Waals surface area contributed by atoms with E-state index in [1.807, 2.05) is 0 Å². The standard InChI is InChI=1S/C21H20ClFN2O4/c1-13(2)18-19(15-5-7-16(22)8-6-15)24(21(27)25(28)20(18)26)12-29-11-14-3-9-17(23)10-4-14/h3-10,13,28H,11-12H2,1-2H3. The van der Waals surface area contributed by atoms with E-state index in [4.69, 9.17) is 16.3 Å². The van der Waals surface area contributed by atoms with Crippen LogP contribution in [0.5, 0.6) is 0 Å². The second-order valence-corrected chi connectivity index (χ2v) is 7.29. The van der Waals surface area contributed by atoms with Crippen molar-refractivity contribution in [3.8, 4) is 11.3 Å². The van der Waals surface area contributed by atoms with Crippen LogP contribution in [-0.4, -0.2) is 14.5 Å². The molecule has 0 fully saturated rings. The summed E-state index contributed by atoms with van der Waals surface area (Å²) in [4.78, 5) is 25.2. The zero-order valence-electron chi connectivity index (χ0n) is 15.9. The fraction of sp³-hybridized carbons (Fsp3) is 0.238. The fourth-order valence-electron chi connectivity index (χ4n) is 3.05. The van der Waals surface area contributed by atoms with E-state index < -0.39 is 11.2 Å². The van der Waals surface area contributed by atoms with Gasteiger partial charge in [-0.15, -0.1) is 0 Å². The van der Waals surface area contributed by atoms with Gasteiger partial charge >= 0.3 is 5.69 Å². The van der Waals surface area contributed by atoms with Crippen LogP contribution in [0.1, 0.15) is 30.9 Å². The second-order valence-electron chi connectivity index (χ2n) is 6.86. The van der Waals surface area contributed by atoms with Crippen molar-refractivity contribution in [2.24, 2.45) is 0 Å². The van der Waals surface area contributed by atoms with Gasteiger partial charge in [0.2, 0.25) is 0 Å². The minimum absolute atomic E-state index is 0.0933. The summed E-state index contributed by atoms with van der Waals surface area (Å²) in [6, 6.07) is 12.5. The first-order chi connectivity index (χ1) is 13.8. The molecule has 0 atom stereocenters. The Hall–Kier alpha value is -2.90. The molecule has 0 saturated carbocycles. The number of hydrogen-bond donors (Lipinski definition) is 1. The summed E-state index contributed by atoms with van der Waals surface area (Å²) in [6.45, 7) is 3.50. The van der Waals surface area contributed by atoms with Crippen molar-refractivity contribution in [2.75, 3.05) is 0 Å². The zero-order valence-corrected chi connectivity index (χ0v) is 16.7. The molecule has 0 bridgehead atoms. The quantitative estimate of drug-likeness (QED) is 0.614. The molecule has 0 saturated heterocycles. The van der Waals surface area contributed by atoms with Crippen molar-refractivity contribution in [1.29, 1.82) is 0 Å². The van der Waals surface area contributed by atoms with Crippen molar-refractivity contribution in [3.05, 3.63) is 91.3 Å². The molecule has 29 heavy (non-hydrogen) atoms. The molecule has 8 heteroatoms. The average Bonchev–Trinajstić information content (AvgIpc) is 2.69. The Morgan fingerprint density at radius 2 is 1.69 bits per heavy atom. The molecule has 0 aliphatic rings. The SMILES string of the molecule is CC(C)c1c(-c2ccc(Cl)cc2)n(COCc2ccc(F)cc2)c(=O)n(O)c1=O. The zero-order chi connectivity index (χ0) is 21.1. The topological polar surface area (TPSA) is 73.5 Å². The van der Waals surface area contributed by atoms with E-state index in [0.29, 0.717) is 21.8 Å². The second kappa shape index (κ2) is 8.63. The van der Waals surface area contributed by atoms with Crippen LogP contribution in [0.3, 0.4) is 0 Å². The number of ether oxygens (including phenoxy) is 1. The van der Waals surface area contributed by atoms with Crippen molar-refractivity contribution in [1.82, 2.24) is 9.30 Å². The molecule has 0 aliphatic heterocycles. The minimum atomic E-state index is -0.913. The highest BCUT2D eigenvalue weighted by Gasteiger charge is 2.22. The molecule has 3 rings (SSSR count). The highest BCUT2D eigenvalue weighted by molar-refractivity contribution is 6.30. The number of aromatic nitrogens is 2. The van der Waals surface area contributed by atoms with Gasteiger partial charge in [0.05, 0.1) is 12.3 Å². The summed E-state index contributed by atoms with van der Waals surface area (Å²) in [5.41, 5.74) is 0.260. The van der Waals surface area contributed by atoms with E-state index in [1.54, 1.807) is 50.2 Å². The summed E-state index contributed by atoms with van der Waals surface area (Å²) < 4.78 is 20.0. The van der Waals surface area contributed by atoms with Crippen LogP contribution in [0, 0.1) is 5.82 Å². The van der Waals surface area contributed by atoms with Gasteiger partial charge in [-0.2, -0.15) is 0 Å². The van der Waals surface area contributed by atoms with Gasteiger partial charge in [0.25, 0.3) is 5.56 Å². The van der Waals surface area contributed by atoms with Gasteiger partial charge in [0.1, 0.15) is 12.5 Å². The van der Waals surface area contributed by atoms with E-state index >= 15 is 0 Å². The van der Waals surface area contributed by atoms with Gasteiger partial charge in [-0.3, -0.25) is 9.36 Å². The number of rotatable bonds is 6. The third-order valence-electron chi connectivity index (χ3n) is 4.46. The van der Waals surface area contributed by atoms with Crippen LogP contribution in [0.4, 0.5) is 4.39 Å². The molecule has 1 heterocycles. The molecule has 0 amide bonds. The Kier molecular flexibility index (Phi) is 6.20. The summed E-state index contributed by atoms with van der Waals surface area (Å²) in [6.07, 6.45) is 0. The molecule has 6 nitrogen and oxygen atoms in total. The lowest BCUT2D eigenvalue weighted by atomic mass is 9.98. The van der Waals surface area contributed by atoms with Crippen LogP contribution in [0.25, 0.3) is 11.3 Å². The van der Waals surface area contributed by atoms with Crippen LogP contribution in [0.2, 0.25) is 5.02 Å². The van der Waals surface area contributed by atoms with Crippen molar-refractivity contribution in [3.63, 3.8) is 0 Å². The number of hydrogen-bond acceptors (Lipinski definition) is 4. The van der Waals surface area contributed by atoms with Crippen molar-refractivity contribution < 1.29 is 14.3 Å². The molecule has 1 N–H and O–H groups in total. The maximum Gasteiger partial charge on any atom is 0.366 e. The van der Waals surface area contributed by atoms with Gasteiger partial charge in [-0.1, -0.05) is 54.4 Å². The summed E-state index contributed by atoms with van der Waals surface area (Å²) in [5.74, 6) is -0.626. The molecular weight excluding hydrogens is 399 g/mol. The van der Waals surface area contributed by atoms with E-state index in [0.717, 1.165) is 0 Å². The van der Waals surface area contributed by atoms with Crippen LogP contribution < -0.4 is 11.2 Å². The van der Waals surface area contributed by atoms with Gasteiger partial charge in [0, 0.05) is 10.6 Å². The first kappa shape index (κ1) is 20.8. The summed E-state index contributed by atoms with van der Waals surface area (Å²) in [5, 5.41) is 10.5. The molecule has 2 aromatic carbocycles. The lowest BCUT2D eigenvalue weighted by Crippen LogP contribution is -2.42. The van der Waals surface area contributed by atoms with Gasteiger partial charge in [-0.25, -0.2) is 9.18 Å². The maximum atomic E-state index is 13.0. The van der Waals surface area contributed by atoms with E-state index in [2.05, 4.69) is 0 Å². The molecule has 3 aromatic rings. The molecule has 0 aliphatic carbocycles. The normalized spacial score (nSPS) is 11.2. The van der Waals surface area contributed by atoms with Crippen LogP contribution in [0.15, 0.2) is 58.1 Å². The molecular formula is C21H20ClFN2O4. The fourth-order valence-corrected chi connectivity index (χ4v) is 3.18. The Balaban J connectivity index is 2.06. The number of benzene rings is 2. The molecule has 152 valence electrons. The monoisotopic (exact) mass is 418 g/mol. The number of halogens is 2. The minimum Gasteiger partial charge on any atom is -0.421 e. The average molecular weight is 419 g/mol. The van der Waals surface area contributed by atoms with Gasteiger partial charge in [0.15, 0.2) is 0 Å². The third-order valence-corrected chi connectivity index (χ3v) is 4.71. The summed E-state index contributed by atoms with van der Waals surface area (Å²) in [7, 11) is 0. The molecule has 1 aromatic heterocycles. The van der Waals surface area contributed by atoms with E-state index in [-0.39, 0.29) is 35.4 Å². The van der Waals surface area contributed by atoms with Gasteiger partial charge in [-0.05, 0) is 41.3 Å². The predicted molar refractivity (Wildman–Crippen MR) is 108 cm³/mol. The molecule has 0 radical (unpaired) electrons. The van der Waals surface area contributed by atoms with Crippen molar-refractivity contribution in [2.45, 2.75) is 33.1 Å². The smallest absolute Gasteiger partial charge is 0.366 e. The Morgan fingerprint density at radius 3 is 2.28 bits per heavy atom. The van der Waals surface area contributed by atoms with Crippen molar-refractivity contribution >= 4 is 11.6 Å². The largest absolute Gasteiger partial charge is 0.421 e. The highest BCUT2D eigenvalue weighted by atomic mass is 35.5. The van der Waals surface area contributed by atoms with Gasteiger partial charge < -0.3 is 9.94 Å². The van der Waals surface area contributed by atoms with Crippen LogP contribution in [-0.2, 0) is 18.1 Å². The Morgan fingerprint density at radius 1 is 1.07 bits per heavy atom. The Bertz CT molecular complexity index is 1120. The predicted octanol–water partition coefficient (Wildman–Crippen LogP) is 4.00. The van der Waals surface area contributed by atoms with E-state index in [9.17, 15) is 19.2 Å². The first-order valence-electron chi connectivity index (χ1n) is 8.96. The van der Waals surface area contributed by atoms with E-state index in [1.165, 1.54) is 16.7 Å². The maximum absolute atomic E-state index is 13.0. The molecule has 0 spiro atoms. The lowest BCUT2D eigenvalue weighted by Gasteiger charge is -2.19. The molecule has 0 unspecified atom stereocenters. The first-order valence-corrected chi connectivity index (χ1v) is 9.34. The third kappa shape index (κ3) is 4.41. The lowest BCUT2D eigenvalue weighted by molar-refractivity contribution is 0.0531. The number of nitrogens with zero attached hydrogens (tertiary/aromatic N) is 2. The Labute approximate surface area is 171 Å². The highest BCUT2D eigenvalue weighted by Crippen LogP contribution is 2.27. The summed E-state index contributed by atoms with van der Waals surface area (Å²) >= 11 is 5.97. The van der Waals surface area contributed by atoms with Crippen LogP contribution >= 0.6 is 11.6 Å².